The van der Waals surface area contributed by atoms with E-state index in [2.05, 4.69) is 53.2 Å². The summed E-state index contributed by atoms with van der Waals surface area (Å²) in [4.78, 5) is 31.3. The quantitative estimate of drug-likeness (QED) is 0.0400. The summed E-state index contributed by atoms with van der Waals surface area (Å²) in [5, 5.41) is 46.0. The minimum Gasteiger partial charge on any atom is -0.508 e. The Morgan fingerprint density at radius 3 is 2.47 bits per heavy atom. The van der Waals surface area contributed by atoms with Gasteiger partial charge in [0.1, 0.15) is 5.75 Å². The number of ether oxygens (including phenoxy) is 1. The van der Waals surface area contributed by atoms with Gasteiger partial charge in [0, 0.05) is 65.3 Å². The van der Waals surface area contributed by atoms with Crippen LogP contribution in [-0.4, -0.2) is 61.5 Å². The average molecular weight is 1020 g/mol. The van der Waals surface area contributed by atoms with Gasteiger partial charge in [-0.1, -0.05) is 107 Å². The molecule has 2 fully saturated rings. The summed E-state index contributed by atoms with van der Waals surface area (Å²) in [5.74, 6) is 8.27. The number of phenols is 2. The van der Waals surface area contributed by atoms with Gasteiger partial charge in [0.05, 0.1) is 31.4 Å². The maximum atomic E-state index is 14.3. The predicted octanol–water partition coefficient (Wildman–Crippen LogP) is 11.0. The minimum absolute atomic E-state index is 0.00148. The lowest BCUT2D eigenvalue weighted by Gasteiger charge is -2.30. The number of hydrogen-bond donors (Lipinski definition) is 7. The molecule has 2 heterocycles. The number of carbonyl (C=O) groups excluding carboxylic acids is 2. The minimum atomic E-state index is -0.798. The summed E-state index contributed by atoms with van der Waals surface area (Å²) in [6, 6.07) is 27.0. The number of aromatic amines is 1. The van der Waals surface area contributed by atoms with Crippen LogP contribution in [0.3, 0.4) is 0 Å². The van der Waals surface area contributed by atoms with Gasteiger partial charge in [-0.15, -0.1) is 0 Å². The van der Waals surface area contributed by atoms with Gasteiger partial charge in [-0.2, -0.15) is 0 Å². The fourth-order valence-corrected chi connectivity index (χ4v) is 14.4. The van der Waals surface area contributed by atoms with Crippen molar-refractivity contribution in [2.45, 2.75) is 133 Å². The van der Waals surface area contributed by atoms with Crippen LogP contribution in [0.25, 0.3) is 0 Å². The monoisotopic (exact) mass is 1020 g/mol. The number of aromatic hydroxyl groups is 2. The van der Waals surface area contributed by atoms with E-state index in [-0.39, 0.29) is 60.5 Å². The van der Waals surface area contributed by atoms with Crippen molar-refractivity contribution >= 4 is 33.2 Å². The zero-order valence-corrected chi connectivity index (χ0v) is 43.4. The van der Waals surface area contributed by atoms with Crippen LogP contribution in [0.5, 0.6) is 17.2 Å². The Hall–Kier alpha value is -5.26. The lowest BCUT2D eigenvalue weighted by atomic mass is 9.76. The van der Waals surface area contributed by atoms with E-state index in [1.807, 2.05) is 30.3 Å². The van der Waals surface area contributed by atoms with Gasteiger partial charge in [0.15, 0.2) is 23.1 Å². The Labute approximate surface area is 438 Å². The van der Waals surface area contributed by atoms with E-state index in [4.69, 9.17) is 16.2 Å². The summed E-state index contributed by atoms with van der Waals surface area (Å²) < 4.78 is 6.19. The second-order valence-electron chi connectivity index (χ2n) is 21.2. The molecule has 73 heavy (non-hydrogen) atoms. The molecule has 4 aliphatic rings. The van der Waals surface area contributed by atoms with Gasteiger partial charge in [-0.05, 0) is 157 Å². The van der Waals surface area contributed by atoms with Gasteiger partial charge < -0.3 is 41.6 Å². The van der Waals surface area contributed by atoms with Crippen molar-refractivity contribution in [3.8, 4) is 29.1 Å². The number of aliphatic hydroxyl groups is 2. The molecule has 9 N–H and O–H groups in total. The highest BCUT2D eigenvalue weighted by molar-refractivity contribution is 8.76. The number of nitrogens with two attached hydrogens (primary N) is 2. The van der Waals surface area contributed by atoms with Gasteiger partial charge >= 0.3 is 0 Å². The van der Waals surface area contributed by atoms with Crippen LogP contribution in [-0.2, 0) is 36.2 Å². The Morgan fingerprint density at radius 2 is 1.66 bits per heavy atom. The molecule has 6 atom stereocenters. The van der Waals surface area contributed by atoms with E-state index in [1.165, 1.54) is 18.4 Å². The number of carbonyl (C=O) groups is 2. The smallest absolute Gasteiger partial charge is 0.165 e. The number of phenolic OH excluding ortho intramolecular Hbond substituents is 2. The number of ketones is 2. The third-order valence-corrected chi connectivity index (χ3v) is 18.6. The van der Waals surface area contributed by atoms with Crippen molar-refractivity contribution in [1.82, 2.24) is 4.98 Å². The summed E-state index contributed by atoms with van der Waals surface area (Å²) in [6.07, 6.45) is 15.7. The van der Waals surface area contributed by atoms with Crippen molar-refractivity contribution in [2.75, 3.05) is 12.4 Å². The number of aromatic nitrogens is 1. The molecule has 0 radical (unpaired) electrons. The number of aryl methyl sites for hydroxylation is 2. The van der Waals surface area contributed by atoms with Gasteiger partial charge in [-0.3, -0.25) is 9.59 Å². The standard InChI is InChI=1S/C61H71N3O7S2/c62-60(63)50-32-44-11-6-12-53-48(23-27-64-53)57(69)34-51-49(44)33-45(50)37-72-73-38-46-35-61(36-58(46)70,25-21-41(14-13-39-7-2-1-3-8-39)30-56(68)43-9-4-5-10-43)26-22-47(65)18-15-40-17-20-55(67)59(31-40)71-28-24-42-16-19-54(66)52(51)29-42/h1-3,7-8,16-17,19-20,22-23,26-27,29,31-33,41,43,46,51,56,58,60,64,66-68,70H,4-5,9-10,12-15,18,21,24-25,28,30,34-38,62-63H2/b26-22+/t41-,46-,51+,56-,58+,61-/m0/s1. The molecule has 4 aromatic carbocycles. The van der Waals surface area contributed by atoms with Gasteiger partial charge in [0.2, 0.25) is 0 Å². The molecule has 0 unspecified atom stereocenters. The lowest BCUT2D eigenvalue weighted by molar-refractivity contribution is -0.114. The molecule has 0 spiro atoms. The van der Waals surface area contributed by atoms with Crippen LogP contribution in [0, 0.1) is 35.0 Å². The molecular weight excluding hydrogens is 951 g/mol. The van der Waals surface area contributed by atoms with Gasteiger partial charge in [-0.25, -0.2) is 0 Å². The highest BCUT2D eigenvalue weighted by Crippen LogP contribution is 2.50. The molecule has 3 aliphatic carbocycles. The van der Waals surface area contributed by atoms with Crippen molar-refractivity contribution in [2.24, 2.45) is 34.6 Å². The second-order valence-corrected chi connectivity index (χ2v) is 23.7. The summed E-state index contributed by atoms with van der Waals surface area (Å²) in [7, 11) is 3.38. The number of Topliss-reactive ketones (excluding diaryl/α,β-unsaturated/α-hetero) is 1. The maximum Gasteiger partial charge on any atom is 0.165 e. The third-order valence-electron chi connectivity index (χ3n) is 16.1. The number of hydrogen-bond acceptors (Lipinski definition) is 11. The molecule has 9 rings (SSSR count). The first-order chi connectivity index (χ1) is 35.4. The topological polar surface area (TPSA) is 192 Å². The predicted molar refractivity (Wildman–Crippen MR) is 293 cm³/mol. The van der Waals surface area contributed by atoms with E-state index in [1.54, 1.807) is 58.1 Å². The number of benzene rings is 4. The molecular formula is C61H71N3O7S2. The number of aliphatic hydroxyl groups excluding tert-OH is 2. The second kappa shape index (κ2) is 24.4. The third kappa shape index (κ3) is 13.4. The molecule has 1 aromatic heterocycles. The molecule has 10 nitrogen and oxygen atoms in total. The van der Waals surface area contributed by atoms with E-state index < -0.39 is 23.6 Å². The first kappa shape index (κ1) is 52.6. The normalized spacial score (nSPS) is 23.3. The molecule has 2 saturated carbocycles. The first-order valence-corrected chi connectivity index (χ1v) is 28.9. The molecule has 8 bridgehead atoms. The van der Waals surface area contributed by atoms with E-state index in [0.717, 1.165) is 84.9 Å². The number of rotatable bonds is 10. The van der Waals surface area contributed by atoms with Crippen LogP contribution < -0.4 is 16.2 Å². The average Bonchev–Trinajstić information content (AvgIpc) is 4.17. The Bertz CT molecular complexity index is 2810. The molecule has 0 saturated heterocycles. The Kier molecular flexibility index (Phi) is 17.6. The van der Waals surface area contributed by atoms with Crippen molar-refractivity contribution in [1.29, 1.82) is 0 Å². The number of fused-ring (bicyclic) bond motifs is 9. The van der Waals surface area contributed by atoms with E-state index >= 15 is 0 Å². The Balaban J connectivity index is 1.03. The SMILES string of the molecule is NC(N)c1cc2c3cc1CSSC[C@@H]1C[C@](CC[C@H](CCc4ccccc4)C[C@H](O)C4CCCC4)(/C=C/C(=O)CCc4ccc(O)c(c4)OCCc4ccc(O)c(c4)[C@@H]3CC(=O)c3cc[nH]c3CC#C2)C[C@H]1O. The molecule has 384 valence electrons. The number of allylic oxidation sites excluding steroid dienone is 2. The van der Waals surface area contributed by atoms with Crippen molar-refractivity contribution < 1.29 is 34.8 Å². The van der Waals surface area contributed by atoms with Crippen LogP contribution in [0.15, 0.2) is 103 Å². The van der Waals surface area contributed by atoms with Crippen molar-refractivity contribution in [3.63, 3.8) is 0 Å². The zero-order chi connectivity index (χ0) is 50.9. The highest BCUT2D eigenvalue weighted by atomic mass is 33.1. The number of nitrogens with one attached hydrogen (secondary N) is 1. The molecule has 5 aromatic rings. The lowest BCUT2D eigenvalue weighted by Crippen LogP contribution is -2.24. The first-order valence-electron chi connectivity index (χ1n) is 26.4. The fourth-order valence-electron chi connectivity index (χ4n) is 11.9. The number of H-pyrrole nitrogens is 1. The summed E-state index contributed by atoms with van der Waals surface area (Å²) >= 11 is 0. The molecule has 0 amide bonds. The largest absolute Gasteiger partial charge is 0.508 e. The molecule has 1 aliphatic heterocycles. The van der Waals surface area contributed by atoms with Crippen LogP contribution in [0.4, 0.5) is 0 Å². The fraction of sp³-hybridized carbons (Fsp3) is 0.443. The van der Waals surface area contributed by atoms with Gasteiger partial charge in [0.25, 0.3) is 0 Å². The van der Waals surface area contributed by atoms with E-state index in [0.29, 0.717) is 65.5 Å². The zero-order valence-electron chi connectivity index (χ0n) is 41.8. The van der Waals surface area contributed by atoms with Crippen LogP contribution >= 0.6 is 21.6 Å². The summed E-state index contributed by atoms with van der Waals surface area (Å²) in [5.41, 5.74) is 20.7. The van der Waals surface area contributed by atoms with E-state index in [9.17, 15) is 30.0 Å². The summed E-state index contributed by atoms with van der Waals surface area (Å²) in [6.45, 7) is 0.222. The maximum absolute atomic E-state index is 14.3. The highest BCUT2D eigenvalue weighted by Gasteiger charge is 2.43. The Morgan fingerprint density at radius 1 is 0.863 bits per heavy atom. The van der Waals surface area contributed by atoms with Crippen LogP contribution in [0.2, 0.25) is 0 Å². The van der Waals surface area contributed by atoms with Crippen molar-refractivity contribution in [3.05, 3.63) is 159 Å². The molecule has 12 heteroatoms. The van der Waals surface area contributed by atoms with Crippen LogP contribution in [0.1, 0.15) is 150 Å².